The third-order valence-corrected chi connectivity index (χ3v) is 4.36. The maximum atomic E-state index is 3.61. The van der Waals surface area contributed by atoms with E-state index in [-0.39, 0.29) is 0 Å². The molecule has 1 N–H and O–H groups in total. The molecule has 1 heterocycles. The highest BCUT2D eigenvalue weighted by atomic mass is 32.2. The van der Waals surface area contributed by atoms with E-state index >= 15 is 0 Å². The fraction of sp³-hybridized carbons (Fsp3) is 1.00. The van der Waals surface area contributed by atoms with Crippen molar-refractivity contribution in [3.63, 3.8) is 0 Å². The first-order valence-corrected chi connectivity index (χ1v) is 7.11. The first kappa shape index (κ1) is 10.8. The van der Waals surface area contributed by atoms with E-state index in [1.54, 1.807) is 0 Å². The van der Waals surface area contributed by atoms with Gasteiger partial charge in [0.2, 0.25) is 0 Å². The zero-order valence-corrected chi connectivity index (χ0v) is 9.98. The maximum absolute atomic E-state index is 3.61. The van der Waals surface area contributed by atoms with E-state index in [2.05, 4.69) is 28.9 Å². The van der Waals surface area contributed by atoms with Crippen LogP contribution in [0, 0.1) is 0 Å². The van der Waals surface area contributed by atoms with Gasteiger partial charge in [-0.3, -0.25) is 0 Å². The Bertz CT molecular complexity index is 165. The average Bonchev–Trinajstić information content (AvgIpc) is 3.05. The van der Waals surface area contributed by atoms with Crippen LogP contribution in [0.4, 0.5) is 0 Å². The molecular weight excluding hydrogens is 192 g/mol. The van der Waals surface area contributed by atoms with Crippen molar-refractivity contribution >= 4 is 11.8 Å². The van der Waals surface area contributed by atoms with Crippen molar-refractivity contribution in [1.29, 1.82) is 0 Å². The average molecular weight is 214 g/mol. The fourth-order valence-corrected chi connectivity index (χ4v) is 3.16. The van der Waals surface area contributed by atoms with Crippen molar-refractivity contribution in [2.24, 2.45) is 0 Å². The minimum Gasteiger partial charge on any atom is -0.312 e. The second-order valence-electron chi connectivity index (χ2n) is 4.37. The number of nitrogens with one attached hydrogen (secondary N) is 1. The van der Waals surface area contributed by atoms with Crippen LogP contribution in [0.3, 0.4) is 0 Å². The Morgan fingerprint density at radius 3 is 2.86 bits per heavy atom. The molecule has 1 saturated carbocycles. The number of hydrogen-bond acceptors (Lipinski definition) is 3. The molecule has 2 nitrogen and oxygen atoms in total. The van der Waals surface area contributed by atoms with E-state index in [4.69, 9.17) is 0 Å². The van der Waals surface area contributed by atoms with Crippen molar-refractivity contribution in [3.8, 4) is 0 Å². The van der Waals surface area contributed by atoms with Crippen LogP contribution in [0.15, 0.2) is 0 Å². The fourth-order valence-electron chi connectivity index (χ4n) is 2.17. The van der Waals surface area contributed by atoms with Crippen molar-refractivity contribution in [2.75, 3.05) is 31.1 Å². The van der Waals surface area contributed by atoms with E-state index < -0.39 is 0 Å². The Morgan fingerprint density at radius 2 is 2.29 bits per heavy atom. The summed E-state index contributed by atoms with van der Waals surface area (Å²) in [6.45, 7) is 6.05. The topological polar surface area (TPSA) is 15.3 Å². The molecule has 2 fully saturated rings. The van der Waals surface area contributed by atoms with Crippen LogP contribution in [-0.2, 0) is 0 Å². The molecule has 2 rings (SSSR count). The summed E-state index contributed by atoms with van der Waals surface area (Å²) < 4.78 is 0. The molecule has 14 heavy (non-hydrogen) atoms. The zero-order chi connectivity index (χ0) is 9.80. The molecule has 0 spiro atoms. The van der Waals surface area contributed by atoms with Gasteiger partial charge >= 0.3 is 0 Å². The summed E-state index contributed by atoms with van der Waals surface area (Å²) in [7, 11) is 0. The highest BCUT2D eigenvalue weighted by molar-refractivity contribution is 7.99. The third kappa shape index (κ3) is 3.14. The summed E-state index contributed by atoms with van der Waals surface area (Å²) in [5, 5.41) is 3.61. The molecule has 2 aliphatic rings. The van der Waals surface area contributed by atoms with Crippen LogP contribution in [0.5, 0.6) is 0 Å². The van der Waals surface area contributed by atoms with Gasteiger partial charge in [0.15, 0.2) is 0 Å². The lowest BCUT2D eigenvalue weighted by Gasteiger charge is -2.26. The van der Waals surface area contributed by atoms with Gasteiger partial charge in [-0.25, -0.2) is 0 Å². The molecule has 1 aliphatic heterocycles. The normalized spacial score (nSPS) is 28.3. The quantitative estimate of drug-likeness (QED) is 0.748. The summed E-state index contributed by atoms with van der Waals surface area (Å²) in [6, 6.07) is 1.72. The summed E-state index contributed by atoms with van der Waals surface area (Å²) in [5.41, 5.74) is 0. The Labute approximate surface area is 91.8 Å². The van der Waals surface area contributed by atoms with Crippen molar-refractivity contribution < 1.29 is 0 Å². The van der Waals surface area contributed by atoms with Crippen LogP contribution < -0.4 is 5.32 Å². The Kier molecular flexibility index (Phi) is 4.14. The highest BCUT2D eigenvalue weighted by Gasteiger charge is 2.27. The second-order valence-corrected chi connectivity index (χ2v) is 5.52. The van der Waals surface area contributed by atoms with Crippen LogP contribution >= 0.6 is 11.8 Å². The van der Waals surface area contributed by atoms with Gasteiger partial charge in [-0.05, 0) is 32.4 Å². The molecule has 0 amide bonds. The number of rotatable bonds is 5. The molecule has 0 aromatic carbocycles. The molecule has 3 heteroatoms. The van der Waals surface area contributed by atoms with Crippen molar-refractivity contribution in [1.82, 2.24) is 10.2 Å². The van der Waals surface area contributed by atoms with Gasteiger partial charge in [0.1, 0.15) is 0 Å². The van der Waals surface area contributed by atoms with E-state index in [0.29, 0.717) is 0 Å². The molecule has 1 unspecified atom stereocenters. The summed E-state index contributed by atoms with van der Waals surface area (Å²) in [5.74, 6) is 2.62. The smallest absolute Gasteiger partial charge is 0.0170 e. The third-order valence-electron chi connectivity index (χ3n) is 3.23. The van der Waals surface area contributed by atoms with Gasteiger partial charge < -0.3 is 10.2 Å². The monoisotopic (exact) mass is 214 g/mol. The standard InChI is InChI=1S/C11H22N2S/c1-2-13(11-3-4-11)7-5-10-9-14-8-6-12-10/h10-12H,2-9H2,1H3. The maximum Gasteiger partial charge on any atom is 0.0170 e. The largest absolute Gasteiger partial charge is 0.312 e. The van der Waals surface area contributed by atoms with Crippen molar-refractivity contribution in [3.05, 3.63) is 0 Å². The molecule has 0 bridgehead atoms. The molecule has 0 aromatic rings. The number of hydrogen-bond donors (Lipinski definition) is 1. The number of nitrogens with zero attached hydrogens (tertiary/aromatic N) is 1. The first-order valence-electron chi connectivity index (χ1n) is 5.95. The molecule has 82 valence electrons. The van der Waals surface area contributed by atoms with Crippen LogP contribution in [0.25, 0.3) is 0 Å². The molecule has 0 radical (unpaired) electrons. The van der Waals surface area contributed by atoms with Crippen molar-refractivity contribution in [2.45, 2.75) is 38.3 Å². The minimum atomic E-state index is 0.779. The molecular formula is C11H22N2S. The second kappa shape index (κ2) is 5.38. The van der Waals surface area contributed by atoms with Gasteiger partial charge in [-0.15, -0.1) is 0 Å². The van der Waals surface area contributed by atoms with Gasteiger partial charge in [-0.1, -0.05) is 6.92 Å². The first-order chi connectivity index (χ1) is 6.90. The van der Waals surface area contributed by atoms with E-state index in [1.807, 2.05) is 0 Å². The van der Waals surface area contributed by atoms with E-state index in [1.165, 1.54) is 50.4 Å². The predicted molar refractivity (Wildman–Crippen MR) is 64.0 cm³/mol. The zero-order valence-electron chi connectivity index (χ0n) is 9.17. The SMILES string of the molecule is CCN(CCC1CSCCN1)C1CC1. The van der Waals surface area contributed by atoms with Gasteiger partial charge in [0, 0.05) is 30.1 Å². The molecule has 1 atom stereocenters. The van der Waals surface area contributed by atoms with Gasteiger partial charge in [0.25, 0.3) is 0 Å². The molecule has 0 aromatic heterocycles. The summed E-state index contributed by atoms with van der Waals surface area (Å²) in [4.78, 5) is 2.65. The number of thioether (sulfide) groups is 1. The van der Waals surface area contributed by atoms with E-state index in [0.717, 1.165) is 12.1 Å². The van der Waals surface area contributed by atoms with Crippen LogP contribution in [-0.4, -0.2) is 48.1 Å². The molecule has 1 aliphatic carbocycles. The highest BCUT2D eigenvalue weighted by Crippen LogP contribution is 2.26. The predicted octanol–water partition coefficient (Wildman–Crippen LogP) is 1.57. The lowest BCUT2D eigenvalue weighted by Crippen LogP contribution is -2.40. The lowest BCUT2D eigenvalue weighted by molar-refractivity contribution is 0.262. The Morgan fingerprint density at radius 1 is 1.43 bits per heavy atom. The Balaban J connectivity index is 1.63. The van der Waals surface area contributed by atoms with Gasteiger partial charge in [0.05, 0.1) is 0 Å². The minimum absolute atomic E-state index is 0.779. The molecule has 1 saturated heterocycles. The summed E-state index contributed by atoms with van der Waals surface area (Å²) in [6.07, 6.45) is 4.23. The van der Waals surface area contributed by atoms with Crippen LogP contribution in [0.1, 0.15) is 26.2 Å². The Hall–Kier alpha value is 0.270. The lowest BCUT2D eigenvalue weighted by atomic mass is 10.2. The van der Waals surface area contributed by atoms with E-state index in [9.17, 15) is 0 Å². The summed E-state index contributed by atoms with van der Waals surface area (Å²) >= 11 is 2.11. The van der Waals surface area contributed by atoms with Gasteiger partial charge in [-0.2, -0.15) is 11.8 Å². The van der Waals surface area contributed by atoms with Crippen LogP contribution in [0.2, 0.25) is 0 Å².